The predicted molar refractivity (Wildman–Crippen MR) is 329 cm³/mol. The molecule has 2 atom stereocenters. The monoisotopic (exact) mass is 1080 g/mol. The van der Waals surface area contributed by atoms with Gasteiger partial charge >= 0.3 is 11.9 Å². The minimum Gasteiger partial charge on any atom is -0.545 e. The number of unbranched alkanes of at least 4 members (excludes halogenated alkanes) is 15. The summed E-state index contributed by atoms with van der Waals surface area (Å²) in [6.07, 6.45) is 81.9. The van der Waals surface area contributed by atoms with Gasteiger partial charge in [0, 0.05) is 12.8 Å². The Hall–Kier alpha value is -4.83. The Morgan fingerprint density at radius 1 is 0.397 bits per heavy atom. The third-order valence-electron chi connectivity index (χ3n) is 12.3. The van der Waals surface area contributed by atoms with E-state index in [1.54, 1.807) is 0 Å². The summed E-state index contributed by atoms with van der Waals surface area (Å²) in [5.41, 5.74) is 0. The van der Waals surface area contributed by atoms with Crippen LogP contribution in [0.1, 0.15) is 213 Å². The average molecular weight is 1080 g/mol. The van der Waals surface area contributed by atoms with Gasteiger partial charge in [0.2, 0.25) is 0 Å². The van der Waals surface area contributed by atoms with E-state index in [1.165, 1.54) is 38.5 Å². The molecule has 0 heterocycles. The average Bonchev–Trinajstić information content (AvgIpc) is 3.41. The summed E-state index contributed by atoms with van der Waals surface area (Å²) in [7, 11) is 5.90. The van der Waals surface area contributed by atoms with Crippen LogP contribution < -0.4 is 5.11 Å². The number of aliphatic carboxylic acids is 1. The van der Waals surface area contributed by atoms with E-state index in [-0.39, 0.29) is 38.6 Å². The van der Waals surface area contributed by atoms with Gasteiger partial charge in [-0.25, -0.2) is 0 Å². The lowest BCUT2D eigenvalue weighted by atomic mass is 10.1. The van der Waals surface area contributed by atoms with Gasteiger partial charge in [0.15, 0.2) is 12.4 Å². The lowest BCUT2D eigenvalue weighted by molar-refractivity contribution is -0.870. The van der Waals surface area contributed by atoms with Crippen LogP contribution in [0.4, 0.5) is 0 Å². The quantitative estimate of drug-likeness (QED) is 0.0195. The second-order valence-corrected chi connectivity index (χ2v) is 20.9. The molecule has 0 aromatic heterocycles. The molecule has 0 amide bonds. The Labute approximate surface area is 477 Å². The molecule has 0 aliphatic rings. The topological polar surface area (TPSA) is 111 Å². The van der Waals surface area contributed by atoms with Gasteiger partial charge in [-0.15, -0.1) is 0 Å². The maximum absolute atomic E-state index is 12.9. The number of ether oxygens (including phenoxy) is 4. The summed E-state index contributed by atoms with van der Waals surface area (Å²) in [4.78, 5) is 37.2. The summed E-state index contributed by atoms with van der Waals surface area (Å²) in [5.74, 6) is -2.34. The van der Waals surface area contributed by atoms with Crippen LogP contribution >= 0.6 is 0 Å². The van der Waals surface area contributed by atoms with E-state index in [1.807, 2.05) is 21.1 Å². The van der Waals surface area contributed by atoms with Crippen molar-refractivity contribution in [3.8, 4) is 0 Å². The molecule has 0 saturated carbocycles. The van der Waals surface area contributed by atoms with Gasteiger partial charge in [0.1, 0.15) is 13.2 Å². The van der Waals surface area contributed by atoms with Gasteiger partial charge < -0.3 is 33.3 Å². The number of allylic oxidation sites excluding steroid dienone is 24. The molecule has 0 fully saturated rings. The smallest absolute Gasteiger partial charge is 0.306 e. The summed E-state index contributed by atoms with van der Waals surface area (Å²) in [5, 5.41) is 11.8. The standard InChI is InChI=1S/C69H111NO8/c1-6-8-10-12-14-16-18-20-22-23-24-25-26-27-28-29-30-31-32-33-34-35-36-37-38-39-40-41-42-43-44-45-46-48-50-52-54-56-58-60-67(72)78-65(64-77-69(68(73)74)75-62-61-70(3,4)5)63-76-66(71)59-57-55-53-51-49-47-21-19-17-15-13-11-9-7-2/h8,10,14,16,19-22,24-25,27-28,30-31,33-34,36-37,39-40,42-43,45-46,65,69H,6-7,9,11-13,15,17-18,23,26,29,32,35,38,41,44,47-64H2,1-5H3/b10-8-,16-14-,21-19-,22-20-,25-24-,28-27-,31-30-,34-33-,37-36-,40-39-,43-42-,46-45-. The van der Waals surface area contributed by atoms with Crippen molar-refractivity contribution < 1.29 is 42.9 Å². The molecule has 2 unspecified atom stereocenters. The first-order valence-corrected chi connectivity index (χ1v) is 30.5. The van der Waals surface area contributed by atoms with Crippen LogP contribution in [-0.2, 0) is 33.3 Å². The highest BCUT2D eigenvalue weighted by Crippen LogP contribution is 2.13. The highest BCUT2D eigenvalue weighted by Gasteiger charge is 2.22. The number of carbonyl (C=O) groups excluding carboxylic acids is 3. The first kappa shape index (κ1) is 73.2. The molecule has 440 valence electrons. The fourth-order valence-corrected chi connectivity index (χ4v) is 7.65. The Morgan fingerprint density at radius 3 is 1.10 bits per heavy atom. The van der Waals surface area contributed by atoms with Crippen LogP contribution in [-0.4, -0.2) is 82.3 Å². The molecule has 0 aromatic carbocycles. The zero-order chi connectivity index (χ0) is 56.9. The van der Waals surface area contributed by atoms with Crippen molar-refractivity contribution in [2.45, 2.75) is 225 Å². The third-order valence-corrected chi connectivity index (χ3v) is 12.3. The Balaban J connectivity index is 4.25. The zero-order valence-corrected chi connectivity index (χ0v) is 50.0. The zero-order valence-electron chi connectivity index (χ0n) is 50.0. The van der Waals surface area contributed by atoms with Gasteiger partial charge in [-0.1, -0.05) is 224 Å². The molecule has 0 aliphatic carbocycles. The molecule has 0 bridgehead atoms. The van der Waals surface area contributed by atoms with Crippen LogP contribution in [0.15, 0.2) is 146 Å². The number of carbonyl (C=O) groups is 3. The first-order valence-electron chi connectivity index (χ1n) is 30.5. The van der Waals surface area contributed by atoms with Crippen molar-refractivity contribution in [2.24, 2.45) is 0 Å². The number of nitrogens with zero attached hydrogens (tertiary/aromatic N) is 1. The fraction of sp³-hybridized carbons (Fsp3) is 0.609. The second-order valence-electron chi connectivity index (χ2n) is 20.9. The largest absolute Gasteiger partial charge is 0.545 e. The lowest BCUT2D eigenvalue weighted by Gasteiger charge is -2.26. The minimum absolute atomic E-state index is 0.135. The molecule has 9 nitrogen and oxygen atoms in total. The number of hydrogen-bond donors (Lipinski definition) is 0. The SMILES string of the molecule is CC/C=C\C/C=C\C/C=C\C/C=C\C/C=C\C/C=C\C/C=C\C/C=C\C/C=C\C/C=C\C/C=C\CCCCCCCC(=O)OC(COC(=O)CCCCCCC/C=C\CCCCCCC)COC(OCC[N+](C)(C)C)C(=O)[O-]. The van der Waals surface area contributed by atoms with Crippen LogP contribution in [0, 0.1) is 0 Å². The van der Waals surface area contributed by atoms with Crippen molar-refractivity contribution in [1.29, 1.82) is 0 Å². The van der Waals surface area contributed by atoms with E-state index >= 15 is 0 Å². The molecule has 0 aromatic rings. The number of rotatable bonds is 54. The van der Waals surface area contributed by atoms with E-state index in [0.29, 0.717) is 17.4 Å². The molecule has 9 heteroatoms. The fourth-order valence-electron chi connectivity index (χ4n) is 7.65. The van der Waals surface area contributed by atoms with Crippen molar-refractivity contribution in [1.82, 2.24) is 0 Å². The molecular weight excluding hydrogens is 971 g/mol. The molecule has 0 spiro atoms. The Kier molecular flexibility index (Phi) is 54.7. The summed E-state index contributed by atoms with van der Waals surface area (Å²) < 4.78 is 22.6. The van der Waals surface area contributed by atoms with Crippen molar-refractivity contribution in [2.75, 3.05) is 47.5 Å². The van der Waals surface area contributed by atoms with Crippen molar-refractivity contribution in [3.63, 3.8) is 0 Å². The first-order chi connectivity index (χ1) is 38.1. The molecule has 0 aliphatic heterocycles. The molecular formula is C69H111NO8. The van der Waals surface area contributed by atoms with E-state index in [0.717, 1.165) is 141 Å². The summed E-state index contributed by atoms with van der Waals surface area (Å²) in [6.45, 7) is 4.56. The highest BCUT2D eigenvalue weighted by molar-refractivity contribution is 5.70. The Morgan fingerprint density at radius 2 is 0.731 bits per heavy atom. The Bertz CT molecular complexity index is 1780. The van der Waals surface area contributed by atoms with Crippen LogP contribution in [0.2, 0.25) is 0 Å². The number of hydrogen-bond acceptors (Lipinski definition) is 8. The van der Waals surface area contributed by atoms with Crippen molar-refractivity contribution in [3.05, 3.63) is 146 Å². The molecule has 78 heavy (non-hydrogen) atoms. The molecule has 0 rings (SSSR count). The van der Waals surface area contributed by atoms with Crippen molar-refractivity contribution >= 4 is 17.9 Å². The summed E-state index contributed by atoms with van der Waals surface area (Å²) >= 11 is 0. The molecule has 0 N–H and O–H groups in total. The van der Waals surface area contributed by atoms with E-state index in [2.05, 4.69) is 160 Å². The predicted octanol–water partition coefficient (Wildman–Crippen LogP) is 17.1. The van der Waals surface area contributed by atoms with Crippen LogP contribution in [0.25, 0.3) is 0 Å². The molecule has 0 saturated heterocycles. The maximum Gasteiger partial charge on any atom is 0.306 e. The van der Waals surface area contributed by atoms with Gasteiger partial charge in [0.05, 0.1) is 40.3 Å². The minimum atomic E-state index is -1.64. The number of esters is 2. The number of carboxylic acids is 1. The highest BCUT2D eigenvalue weighted by atomic mass is 16.7. The maximum atomic E-state index is 12.9. The normalized spacial score (nSPS) is 13.8. The van der Waals surface area contributed by atoms with Gasteiger partial charge in [0.25, 0.3) is 0 Å². The van der Waals surface area contributed by atoms with Gasteiger partial charge in [-0.3, -0.25) is 9.59 Å². The van der Waals surface area contributed by atoms with Crippen LogP contribution in [0.3, 0.4) is 0 Å². The second kappa shape index (κ2) is 58.3. The number of likely N-dealkylation sites (N-methyl/N-ethyl adjacent to an activating group) is 1. The lowest BCUT2D eigenvalue weighted by Crippen LogP contribution is -2.44. The summed E-state index contributed by atoms with van der Waals surface area (Å²) in [6, 6.07) is 0. The number of quaternary nitrogens is 1. The number of carboxylic acid groups (broad SMARTS) is 1. The molecule has 0 radical (unpaired) electrons. The van der Waals surface area contributed by atoms with E-state index < -0.39 is 24.3 Å². The van der Waals surface area contributed by atoms with Gasteiger partial charge in [-0.05, 0) is 122 Å². The van der Waals surface area contributed by atoms with Crippen LogP contribution in [0.5, 0.6) is 0 Å². The van der Waals surface area contributed by atoms with E-state index in [4.69, 9.17) is 18.9 Å². The van der Waals surface area contributed by atoms with Gasteiger partial charge in [-0.2, -0.15) is 0 Å². The van der Waals surface area contributed by atoms with E-state index in [9.17, 15) is 19.5 Å². The third kappa shape index (κ3) is 58.8.